The number of benzene rings is 1. The molecule has 4 aliphatic rings. The van der Waals surface area contributed by atoms with Crippen molar-refractivity contribution in [3.8, 4) is 0 Å². The van der Waals surface area contributed by atoms with Gasteiger partial charge in [0.1, 0.15) is 6.10 Å². The van der Waals surface area contributed by atoms with E-state index in [1.165, 1.54) is 11.9 Å². The number of carbonyl (C=O) groups is 2. The molecule has 3 fully saturated rings. The van der Waals surface area contributed by atoms with Crippen molar-refractivity contribution in [3.63, 3.8) is 0 Å². The van der Waals surface area contributed by atoms with E-state index in [1.54, 1.807) is 12.1 Å². The summed E-state index contributed by atoms with van der Waals surface area (Å²) in [6.45, 7) is 0. The predicted octanol–water partition coefficient (Wildman–Crippen LogP) is 1.07. The fourth-order valence-electron chi connectivity index (χ4n) is 4.37. The minimum atomic E-state index is -0.432. The van der Waals surface area contributed by atoms with Gasteiger partial charge >= 0.3 is 0 Å². The number of hydrogen-bond donors (Lipinski definition) is 0. The topological polar surface area (TPSA) is 68.2 Å². The van der Waals surface area contributed by atoms with Gasteiger partial charge in [0.05, 0.1) is 29.6 Å². The molecule has 0 spiro atoms. The van der Waals surface area contributed by atoms with Crippen LogP contribution in [-0.2, 0) is 19.2 Å². The van der Waals surface area contributed by atoms with Crippen LogP contribution >= 0.6 is 11.6 Å². The lowest BCUT2D eigenvalue weighted by molar-refractivity contribution is -0.141. The van der Waals surface area contributed by atoms with Gasteiger partial charge in [0.15, 0.2) is 6.10 Å². The lowest BCUT2D eigenvalue weighted by Gasteiger charge is -2.26. The number of likely N-dealkylation sites (tertiary alicyclic amines) is 1. The van der Waals surface area contributed by atoms with Crippen LogP contribution in [0.4, 0.5) is 0 Å². The van der Waals surface area contributed by atoms with Gasteiger partial charge in [-0.25, -0.2) is 0 Å². The van der Waals surface area contributed by atoms with E-state index in [1.807, 2.05) is 12.1 Å². The quantitative estimate of drug-likeness (QED) is 0.721. The van der Waals surface area contributed by atoms with Crippen LogP contribution in [0.25, 0.3) is 0 Å². The normalized spacial score (nSPS) is 40.3. The van der Waals surface area contributed by atoms with Crippen molar-refractivity contribution in [1.82, 2.24) is 4.90 Å². The van der Waals surface area contributed by atoms with Crippen molar-refractivity contribution in [1.29, 1.82) is 0 Å². The highest BCUT2D eigenvalue weighted by Gasteiger charge is 2.71. The second-order valence-corrected chi connectivity index (χ2v) is 6.87. The fraction of sp³-hybridized carbons (Fsp3) is 0.438. The number of hydrogen-bond acceptors (Lipinski definition) is 5. The Kier molecular flexibility index (Phi) is 2.54. The molecule has 4 aliphatic heterocycles. The first kappa shape index (κ1) is 13.5. The highest BCUT2D eigenvalue weighted by molar-refractivity contribution is 6.30. The van der Waals surface area contributed by atoms with Crippen LogP contribution in [0.3, 0.4) is 0 Å². The SMILES string of the molecule is CN1C(=O)[C@@H]2[C@H]3O[C@@H]([C@@H]4C(c5ccc(Cl)cc5)=NO[C@H]34)[C@H]2C1=O. The van der Waals surface area contributed by atoms with Crippen LogP contribution in [-0.4, -0.2) is 47.8 Å². The van der Waals surface area contributed by atoms with Gasteiger partial charge in [-0.1, -0.05) is 28.9 Å². The minimum Gasteiger partial charge on any atom is -0.389 e. The summed E-state index contributed by atoms with van der Waals surface area (Å²) in [6, 6.07) is 7.34. The predicted molar refractivity (Wildman–Crippen MR) is 79.8 cm³/mol. The number of rotatable bonds is 1. The number of carbonyl (C=O) groups excluding carboxylic acids is 2. The lowest BCUT2D eigenvalue weighted by atomic mass is 9.71. The largest absolute Gasteiger partial charge is 0.389 e. The Hall–Kier alpha value is -1.92. The molecule has 1 aromatic carbocycles. The van der Waals surface area contributed by atoms with Crippen molar-refractivity contribution in [2.45, 2.75) is 18.3 Å². The molecule has 6 atom stereocenters. The number of fused-ring (bicyclic) bond motifs is 8. The minimum absolute atomic E-state index is 0.120. The molecular formula is C16H13ClN2O4. The molecule has 118 valence electrons. The van der Waals surface area contributed by atoms with Gasteiger partial charge in [0, 0.05) is 12.1 Å². The maximum absolute atomic E-state index is 12.4. The van der Waals surface area contributed by atoms with E-state index in [4.69, 9.17) is 21.2 Å². The van der Waals surface area contributed by atoms with Gasteiger partial charge in [0.2, 0.25) is 11.8 Å². The van der Waals surface area contributed by atoms with Crippen molar-refractivity contribution >= 4 is 29.1 Å². The molecule has 2 bridgehead atoms. The Morgan fingerprint density at radius 3 is 2.35 bits per heavy atom. The zero-order valence-corrected chi connectivity index (χ0v) is 12.9. The molecule has 4 heterocycles. The van der Waals surface area contributed by atoms with Crippen LogP contribution in [0.2, 0.25) is 5.02 Å². The van der Waals surface area contributed by atoms with Crippen molar-refractivity contribution < 1.29 is 19.2 Å². The van der Waals surface area contributed by atoms with Crippen molar-refractivity contribution in [2.24, 2.45) is 22.9 Å². The zero-order valence-electron chi connectivity index (χ0n) is 12.2. The Morgan fingerprint density at radius 1 is 1.00 bits per heavy atom. The van der Waals surface area contributed by atoms with Crippen LogP contribution in [0.1, 0.15) is 5.56 Å². The number of halogens is 1. The molecule has 6 nitrogen and oxygen atoms in total. The summed E-state index contributed by atoms with van der Waals surface area (Å²) in [6.07, 6.45) is -1.05. The summed E-state index contributed by atoms with van der Waals surface area (Å²) >= 11 is 5.93. The second-order valence-electron chi connectivity index (χ2n) is 6.43. The molecule has 0 unspecified atom stereocenters. The average molecular weight is 333 g/mol. The third-order valence-corrected chi connectivity index (χ3v) is 5.65. The van der Waals surface area contributed by atoms with E-state index in [0.29, 0.717) is 5.02 Å². The first-order valence-electron chi connectivity index (χ1n) is 7.54. The molecule has 3 saturated heterocycles. The average Bonchev–Trinajstić information content (AvgIpc) is 3.26. The highest BCUT2D eigenvalue weighted by atomic mass is 35.5. The van der Waals surface area contributed by atoms with Gasteiger partial charge in [0.25, 0.3) is 0 Å². The van der Waals surface area contributed by atoms with Gasteiger partial charge < -0.3 is 9.57 Å². The molecule has 0 radical (unpaired) electrons. The van der Waals surface area contributed by atoms with Crippen LogP contribution < -0.4 is 0 Å². The number of oxime groups is 1. The molecule has 23 heavy (non-hydrogen) atoms. The summed E-state index contributed by atoms with van der Waals surface area (Å²) in [7, 11) is 1.53. The number of imide groups is 1. The lowest BCUT2D eigenvalue weighted by Crippen LogP contribution is -2.45. The van der Waals surface area contributed by atoms with Gasteiger partial charge in [-0.3, -0.25) is 14.5 Å². The summed E-state index contributed by atoms with van der Waals surface area (Å²) in [5, 5.41) is 4.86. The van der Waals surface area contributed by atoms with Crippen molar-refractivity contribution in [2.75, 3.05) is 7.05 Å². The van der Waals surface area contributed by atoms with Crippen LogP contribution in [0, 0.1) is 17.8 Å². The molecule has 0 N–H and O–H groups in total. The molecular weight excluding hydrogens is 320 g/mol. The number of ether oxygens (including phenoxy) is 1. The maximum Gasteiger partial charge on any atom is 0.235 e. The Labute approximate surface area is 137 Å². The highest BCUT2D eigenvalue weighted by Crippen LogP contribution is 2.54. The van der Waals surface area contributed by atoms with Gasteiger partial charge in [-0.05, 0) is 17.7 Å². The summed E-state index contributed by atoms with van der Waals surface area (Å²) in [5.74, 6) is -1.30. The smallest absolute Gasteiger partial charge is 0.235 e. The van der Waals surface area contributed by atoms with E-state index in [2.05, 4.69) is 5.16 Å². The standard InChI is InChI=1S/C16H13ClN2O4/c1-19-15(20)8-9(16(19)21)13-14-10(12(8)22-13)11(18-23-14)6-2-4-7(17)5-3-6/h2-5,8-10,12-14H,1H3/t8-,9-,10-,12+,13+,14-/m0/s1. The molecule has 0 aromatic heterocycles. The van der Waals surface area contributed by atoms with Crippen LogP contribution in [0.5, 0.6) is 0 Å². The van der Waals surface area contributed by atoms with E-state index < -0.39 is 17.9 Å². The molecule has 0 aliphatic carbocycles. The monoisotopic (exact) mass is 332 g/mol. The molecule has 1 aromatic rings. The summed E-state index contributed by atoms with van der Waals surface area (Å²) < 4.78 is 5.97. The summed E-state index contributed by atoms with van der Waals surface area (Å²) in [4.78, 5) is 31.5. The number of nitrogens with zero attached hydrogens (tertiary/aromatic N) is 2. The number of amides is 2. The Bertz CT molecular complexity index is 762. The Balaban J connectivity index is 1.53. The molecule has 5 rings (SSSR count). The van der Waals surface area contributed by atoms with Crippen molar-refractivity contribution in [3.05, 3.63) is 34.9 Å². The molecule has 7 heteroatoms. The first-order chi connectivity index (χ1) is 11.1. The third-order valence-electron chi connectivity index (χ3n) is 5.40. The van der Waals surface area contributed by atoms with E-state index in [-0.39, 0.29) is 29.9 Å². The van der Waals surface area contributed by atoms with E-state index >= 15 is 0 Å². The fourth-order valence-corrected chi connectivity index (χ4v) is 4.49. The zero-order chi connectivity index (χ0) is 15.9. The maximum atomic E-state index is 12.4. The summed E-state index contributed by atoms with van der Waals surface area (Å²) in [5.41, 5.74) is 1.67. The van der Waals surface area contributed by atoms with Crippen LogP contribution in [0.15, 0.2) is 29.4 Å². The molecule has 0 saturated carbocycles. The van der Waals surface area contributed by atoms with Gasteiger partial charge in [-0.15, -0.1) is 0 Å². The van der Waals surface area contributed by atoms with E-state index in [0.717, 1.165) is 11.3 Å². The second kappa shape index (κ2) is 4.33. The Morgan fingerprint density at radius 2 is 1.65 bits per heavy atom. The van der Waals surface area contributed by atoms with Gasteiger partial charge in [-0.2, -0.15) is 0 Å². The molecule has 2 amide bonds. The third kappa shape index (κ3) is 1.55. The van der Waals surface area contributed by atoms with E-state index in [9.17, 15) is 9.59 Å². The first-order valence-corrected chi connectivity index (χ1v) is 7.92.